The van der Waals surface area contributed by atoms with Gasteiger partial charge in [0.2, 0.25) is 0 Å². The van der Waals surface area contributed by atoms with Crippen LogP contribution < -0.4 is 0 Å². The fourth-order valence-corrected chi connectivity index (χ4v) is 5.32. The van der Waals surface area contributed by atoms with E-state index >= 15 is 0 Å². The molecule has 0 rings (SSSR count). The van der Waals surface area contributed by atoms with Gasteiger partial charge in [0.15, 0.2) is 0 Å². The van der Waals surface area contributed by atoms with Crippen LogP contribution in [0.2, 0.25) is 0 Å². The lowest BCUT2D eigenvalue weighted by molar-refractivity contribution is -0.0825. The number of unbranched alkanes of at least 4 members (excludes halogenated alkanes) is 8. The van der Waals surface area contributed by atoms with Crippen molar-refractivity contribution in [3.63, 3.8) is 0 Å². The molecule has 0 aliphatic heterocycles. The largest absolute Gasteiger partial charge is 0.379 e. The molecule has 0 radical (unpaired) electrons. The van der Waals surface area contributed by atoms with Crippen LogP contribution in [0.15, 0.2) is 24.3 Å². The van der Waals surface area contributed by atoms with Crippen LogP contribution in [0.1, 0.15) is 104 Å². The van der Waals surface area contributed by atoms with Crippen LogP contribution in [-0.2, 0) is 48.7 Å². The first-order valence-electron chi connectivity index (χ1n) is 17.8. The molecule has 0 aromatic carbocycles. The minimum Gasteiger partial charge on any atom is -0.379 e. The molecule has 0 saturated carbocycles. The highest BCUT2D eigenvalue weighted by Crippen LogP contribution is 2.05. The van der Waals surface area contributed by atoms with E-state index in [0.717, 1.165) is 38.5 Å². The second-order valence-corrected chi connectivity index (χ2v) is 14.9. The molecule has 0 saturated heterocycles. The molecule has 0 spiro atoms. The highest BCUT2D eigenvalue weighted by Gasteiger charge is 2.14. The Morgan fingerprint density at radius 3 is 1.12 bits per heavy atom. The average molecular weight is 731 g/mol. The molecule has 0 amide bonds. The van der Waals surface area contributed by atoms with Crippen molar-refractivity contribution in [1.29, 1.82) is 0 Å². The molecule has 14 heteroatoms. The quantitative estimate of drug-likeness (QED) is 0.0423. The Bertz CT molecular complexity index is 893. The third kappa shape index (κ3) is 37.9. The van der Waals surface area contributed by atoms with E-state index in [4.69, 9.17) is 37.5 Å². The fraction of sp³-hybridized carbons (Fsp3) is 0.882. The maximum atomic E-state index is 11.0. The summed E-state index contributed by atoms with van der Waals surface area (Å²) in [5.74, 6) is -0.752. The molecular weight excluding hydrogens is 664 g/mol. The van der Waals surface area contributed by atoms with Crippen LogP contribution in [0.5, 0.6) is 0 Å². The zero-order chi connectivity index (χ0) is 35.6. The van der Waals surface area contributed by atoms with Crippen LogP contribution in [-0.4, -0.2) is 116 Å². The van der Waals surface area contributed by atoms with Crippen LogP contribution in [0.25, 0.3) is 0 Å². The van der Waals surface area contributed by atoms with E-state index < -0.39 is 32.4 Å². The SMILES string of the molecule is CCCCC/C=C\CCCOCC(COCCOCC(COCCC/C=C\CCCCC)OCCCS(=O)(=O)O)OCCCS(=O)(=O)O. The van der Waals surface area contributed by atoms with Gasteiger partial charge in [-0.1, -0.05) is 63.8 Å². The Hall–Kier alpha value is -0.940. The number of hydrogen-bond acceptors (Lipinski definition) is 10. The molecular formula is C34H66O12S2. The van der Waals surface area contributed by atoms with Crippen LogP contribution in [0, 0.1) is 0 Å². The topological polar surface area (TPSA) is 164 Å². The number of allylic oxidation sites excluding steroid dienone is 4. The molecule has 0 bridgehead atoms. The normalized spacial score (nSPS) is 14.0. The van der Waals surface area contributed by atoms with Gasteiger partial charge in [-0.05, 0) is 64.2 Å². The predicted molar refractivity (Wildman–Crippen MR) is 190 cm³/mol. The van der Waals surface area contributed by atoms with Crippen LogP contribution in [0.4, 0.5) is 0 Å². The van der Waals surface area contributed by atoms with E-state index in [1.807, 2.05) is 0 Å². The molecule has 286 valence electrons. The van der Waals surface area contributed by atoms with E-state index in [2.05, 4.69) is 38.2 Å². The number of rotatable bonds is 37. The summed E-state index contributed by atoms with van der Waals surface area (Å²) in [6, 6.07) is 0. The lowest BCUT2D eigenvalue weighted by atomic mass is 10.2. The molecule has 0 aliphatic carbocycles. The van der Waals surface area contributed by atoms with Gasteiger partial charge in [0.1, 0.15) is 12.2 Å². The van der Waals surface area contributed by atoms with Crippen molar-refractivity contribution in [3.8, 4) is 0 Å². The first-order valence-corrected chi connectivity index (χ1v) is 21.0. The summed E-state index contributed by atoms with van der Waals surface area (Å²) < 4.78 is 96.5. The Kier molecular flexibility index (Phi) is 32.6. The van der Waals surface area contributed by atoms with Crippen molar-refractivity contribution in [2.24, 2.45) is 0 Å². The average Bonchev–Trinajstić information content (AvgIpc) is 3.02. The Labute approximate surface area is 291 Å². The molecule has 2 unspecified atom stereocenters. The molecule has 0 aromatic rings. The lowest BCUT2D eigenvalue weighted by Gasteiger charge is -2.20. The van der Waals surface area contributed by atoms with E-state index in [1.54, 1.807) is 0 Å². The number of hydrogen-bond donors (Lipinski definition) is 2. The maximum absolute atomic E-state index is 11.0. The van der Waals surface area contributed by atoms with E-state index in [9.17, 15) is 16.8 Å². The van der Waals surface area contributed by atoms with Gasteiger partial charge in [-0.25, -0.2) is 0 Å². The van der Waals surface area contributed by atoms with Crippen molar-refractivity contribution in [2.45, 2.75) is 116 Å². The Morgan fingerprint density at radius 2 is 0.792 bits per heavy atom. The zero-order valence-corrected chi connectivity index (χ0v) is 31.3. The lowest BCUT2D eigenvalue weighted by Crippen LogP contribution is -2.29. The predicted octanol–water partition coefficient (Wildman–Crippen LogP) is 6.21. The van der Waals surface area contributed by atoms with Crippen molar-refractivity contribution in [1.82, 2.24) is 0 Å². The van der Waals surface area contributed by atoms with Gasteiger partial charge in [-0.3, -0.25) is 9.11 Å². The molecule has 0 aromatic heterocycles. The summed E-state index contributed by atoms with van der Waals surface area (Å²) in [5.41, 5.74) is 0. The highest BCUT2D eigenvalue weighted by molar-refractivity contribution is 7.86. The summed E-state index contributed by atoms with van der Waals surface area (Å²) in [5, 5.41) is 0. The Balaban J connectivity index is 4.49. The van der Waals surface area contributed by atoms with Gasteiger partial charge in [-0.15, -0.1) is 0 Å². The third-order valence-electron chi connectivity index (χ3n) is 6.99. The summed E-state index contributed by atoms with van der Waals surface area (Å²) in [4.78, 5) is 0. The van der Waals surface area contributed by atoms with Crippen LogP contribution >= 0.6 is 0 Å². The molecule has 2 N–H and O–H groups in total. The molecule has 0 aliphatic rings. The van der Waals surface area contributed by atoms with Gasteiger partial charge < -0.3 is 28.4 Å². The second kappa shape index (κ2) is 33.2. The summed E-state index contributed by atoms with van der Waals surface area (Å²) in [6.45, 7) is 7.36. The molecule has 2 atom stereocenters. The Morgan fingerprint density at radius 1 is 0.458 bits per heavy atom. The van der Waals surface area contributed by atoms with E-state index in [1.165, 1.54) is 38.5 Å². The monoisotopic (exact) mass is 730 g/mol. The first kappa shape index (κ1) is 47.1. The van der Waals surface area contributed by atoms with Crippen molar-refractivity contribution < 1.29 is 54.4 Å². The first-order chi connectivity index (χ1) is 23.1. The highest BCUT2D eigenvalue weighted by atomic mass is 32.2. The molecule has 48 heavy (non-hydrogen) atoms. The van der Waals surface area contributed by atoms with Crippen LogP contribution in [0.3, 0.4) is 0 Å². The minimum absolute atomic E-state index is 0.139. The van der Waals surface area contributed by atoms with Gasteiger partial charge in [0.05, 0.1) is 51.1 Å². The molecule has 0 heterocycles. The fourth-order valence-electron chi connectivity index (χ4n) is 4.35. The molecule has 12 nitrogen and oxygen atoms in total. The summed E-state index contributed by atoms with van der Waals surface area (Å²) in [7, 11) is -8.10. The van der Waals surface area contributed by atoms with E-state index in [-0.39, 0.29) is 64.0 Å². The number of ether oxygens (including phenoxy) is 6. The summed E-state index contributed by atoms with van der Waals surface area (Å²) in [6.07, 6.45) is 21.5. The van der Waals surface area contributed by atoms with Gasteiger partial charge in [0, 0.05) is 26.4 Å². The van der Waals surface area contributed by atoms with Crippen molar-refractivity contribution in [3.05, 3.63) is 24.3 Å². The summed E-state index contributed by atoms with van der Waals surface area (Å²) >= 11 is 0. The second-order valence-electron chi connectivity index (χ2n) is 11.8. The minimum atomic E-state index is -4.05. The smallest absolute Gasteiger partial charge is 0.264 e. The molecule has 0 fully saturated rings. The van der Waals surface area contributed by atoms with Gasteiger partial charge in [-0.2, -0.15) is 16.8 Å². The van der Waals surface area contributed by atoms with Crippen molar-refractivity contribution >= 4 is 20.2 Å². The zero-order valence-electron chi connectivity index (χ0n) is 29.6. The third-order valence-corrected chi connectivity index (χ3v) is 8.60. The maximum Gasteiger partial charge on any atom is 0.264 e. The van der Waals surface area contributed by atoms with Crippen molar-refractivity contribution in [2.75, 3.05) is 77.6 Å². The standard InChI is InChI=1S/C34H66O12S2/c1-3-5-7-9-11-13-15-17-21-41-29-33(45-23-19-27-47(35,36)37)31-43-25-26-44-32-34(46-24-20-28-48(38,39)40)30-42-22-18-16-14-12-10-8-6-4-2/h11-14,33-34H,3-10,15-32H2,1-2H3,(H,35,36,37)(H,38,39,40)/b13-11-,14-12-. The van der Waals surface area contributed by atoms with Gasteiger partial charge in [0.25, 0.3) is 20.2 Å². The van der Waals surface area contributed by atoms with Gasteiger partial charge >= 0.3 is 0 Å². The van der Waals surface area contributed by atoms with E-state index in [0.29, 0.717) is 26.4 Å².